The molecule has 1 aliphatic heterocycles. The van der Waals surface area contributed by atoms with Crippen LogP contribution in [0.15, 0.2) is 36.4 Å². The minimum absolute atomic E-state index is 0.107. The lowest BCUT2D eigenvalue weighted by molar-refractivity contribution is 0.152. The first-order chi connectivity index (χ1) is 9.53. The van der Waals surface area contributed by atoms with Crippen molar-refractivity contribution < 1.29 is 4.39 Å². The smallest absolute Gasteiger partial charge is 0.123 e. The van der Waals surface area contributed by atoms with E-state index in [4.69, 9.17) is 5.26 Å². The molecule has 0 unspecified atom stereocenters. The number of halogens is 1. The molecule has 3 nitrogen and oxygen atoms in total. The zero-order valence-electron chi connectivity index (χ0n) is 12.0. The van der Waals surface area contributed by atoms with Crippen LogP contribution in [-0.4, -0.2) is 36.6 Å². The summed E-state index contributed by atoms with van der Waals surface area (Å²) < 4.78 is 12.9. The number of nitriles is 1. The summed E-state index contributed by atoms with van der Waals surface area (Å²) in [6, 6.07) is 8.70. The summed E-state index contributed by atoms with van der Waals surface area (Å²) in [5.41, 5.74) is 0.960. The maximum absolute atomic E-state index is 12.9. The monoisotopic (exact) mass is 273 g/mol. The third-order valence-corrected chi connectivity index (χ3v) is 3.85. The average molecular weight is 273 g/mol. The predicted octanol–water partition coefficient (Wildman–Crippen LogP) is 2.81. The van der Waals surface area contributed by atoms with E-state index in [1.807, 2.05) is 24.3 Å². The summed E-state index contributed by atoms with van der Waals surface area (Å²) >= 11 is 0. The molecular weight excluding hydrogens is 253 g/mol. The first kappa shape index (κ1) is 14.5. The van der Waals surface area contributed by atoms with Gasteiger partial charge in [0.15, 0.2) is 0 Å². The fourth-order valence-corrected chi connectivity index (χ4v) is 2.54. The zero-order valence-corrected chi connectivity index (χ0v) is 12.0. The Morgan fingerprint density at radius 2 is 1.75 bits per heavy atom. The number of hydrogen-bond acceptors (Lipinski definition) is 3. The Morgan fingerprint density at radius 1 is 1.15 bits per heavy atom. The van der Waals surface area contributed by atoms with Crippen LogP contribution >= 0.6 is 0 Å². The van der Waals surface area contributed by atoms with Gasteiger partial charge in [-0.15, -0.1) is 0 Å². The number of piperazine rings is 1. The van der Waals surface area contributed by atoms with Gasteiger partial charge in [-0.05, 0) is 38.1 Å². The van der Waals surface area contributed by atoms with Gasteiger partial charge in [-0.3, -0.25) is 4.90 Å². The molecule has 1 aromatic rings. The molecule has 2 rings (SSSR count). The van der Waals surface area contributed by atoms with Crippen LogP contribution in [0, 0.1) is 17.1 Å². The Hall–Kier alpha value is -1.86. The molecule has 0 radical (unpaired) electrons. The van der Waals surface area contributed by atoms with Gasteiger partial charge in [0.05, 0.1) is 6.07 Å². The molecule has 1 fully saturated rings. The molecular formula is C16H20FN3. The van der Waals surface area contributed by atoms with Gasteiger partial charge >= 0.3 is 0 Å². The van der Waals surface area contributed by atoms with Gasteiger partial charge in [0.1, 0.15) is 5.82 Å². The molecule has 0 atom stereocenters. The van der Waals surface area contributed by atoms with E-state index in [1.54, 1.807) is 6.08 Å². The molecule has 0 spiro atoms. The van der Waals surface area contributed by atoms with Crippen molar-refractivity contribution in [3.05, 3.63) is 42.2 Å². The van der Waals surface area contributed by atoms with Crippen molar-refractivity contribution in [1.29, 1.82) is 5.26 Å². The van der Waals surface area contributed by atoms with Gasteiger partial charge in [-0.2, -0.15) is 5.26 Å². The van der Waals surface area contributed by atoms with Crippen molar-refractivity contribution in [1.82, 2.24) is 4.90 Å². The quantitative estimate of drug-likeness (QED) is 0.793. The first-order valence-electron chi connectivity index (χ1n) is 6.86. The number of benzene rings is 1. The molecule has 1 aromatic carbocycles. The number of hydrogen-bond donors (Lipinski definition) is 0. The Bertz CT molecular complexity index is 506. The highest BCUT2D eigenvalue weighted by Crippen LogP contribution is 2.22. The summed E-state index contributed by atoms with van der Waals surface area (Å²) in [6.07, 6.45) is 3.49. The summed E-state index contributed by atoms with van der Waals surface area (Å²) in [7, 11) is 0. The molecule has 1 aliphatic rings. The van der Waals surface area contributed by atoms with Crippen LogP contribution in [0.25, 0.3) is 0 Å². The van der Waals surface area contributed by atoms with Crippen LogP contribution in [0.2, 0.25) is 0 Å². The number of nitrogens with zero attached hydrogens (tertiary/aromatic N) is 3. The van der Waals surface area contributed by atoms with Gasteiger partial charge < -0.3 is 4.90 Å². The van der Waals surface area contributed by atoms with Crippen molar-refractivity contribution >= 4 is 5.69 Å². The lowest BCUT2D eigenvalue weighted by Crippen LogP contribution is -2.54. The molecule has 20 heavy (non-hydrogen) atoms. The molecule has 0 saturated carbocycles. The van der Waals surface area contributed by atoms with Crippen LogP contribution in [0.4, 0.5) is 10.1 Å². The topological polar surface area (TPSA) is 30.3 Å². The summed E-state index contributed by atoms with van der Waals surface area (Å²) in [5, 5.41) is 8.65. The standard InChI is InChI=1S/C16H20FN3/c1-16(2,8-3-9-18)20-12-10-19(11-13-20)15-6-4-14(17)5-7-15/h3-8H,10-13H2,1-2H3. The number of allylic oxidation sites excluding steroid dienone is 1. The Balaban J connectivity index is 1.97. The van der Waals surface area contributed by atoms with E-state index in [0.29, 0.717) is 0 Å². The molecule has 106 valence electrons. The van der Waals surface area contributed by atoms with E-state index >= 15 is 0 Å². The fraction of sp³-hybridized carbons (Fsp3) is 0.438. The Labute approximate surface area is 119 Å². The molecule has 1 saturated heterocycles. The van der Waals surface area contributed by atoms with E-state index in [2.05, 4.69) is 23.6 Å². The number of rotatable bonds is 3. The lowest BCUT2D eigenvalue weighted by Gasteiger charge is -2.43. The molecule has 0 bridgehead atoms. The van der Waals surface area contributed by atoms with E-state index in [9.17, 15) is 4.39 Å². The maximum Gasteiger partial charge on any atom is 0.123 e. The third-order valence-electron chi connectivity index (χ3n) is 3.85. The summed E-state index contributed by atoms with van der Waals surface area (Å²) in [4.78, 5) is 4.63. The van der Waals surface area contributed by atoms with E-state index in [0.717, 1.165) is 31.9 Å². The van der Waals surface area contributed by atoms with Crippen LogP contribution < -0.4 is 4.90 Å². The minimum atomic E-state index is -0.199. The molecule has 0 aliphatic carbocycles. The second-order valence-electron chi connectivity index (χ2n) is 5.57. The predicted molar refractivity (Wildman–Crippen MR) is 79.0 cm³/mol. The van der Waals surface area contributed by atoms with Crippen molar-refractivity contribution in [2.75, 3.05) is 31.1 Å². The molecule has 0 amide bonds. The number of anilines is 1. The van der Waals surface area contributed by atoms with E-state index < -0.39 is 0 Å². The van der Waals surface area contributed by atoms with Crippen molar-refractivity contribution in [3.8, 4) is 6.07 Å². The lowest BCUT2D eigenvalue weighted by atomic mass is 10.0. The average Bonchev–Trinajstić information content (AvgIpc) is 2.46. The first-order valence-corrected chi connectivity index (χ1v) is 6.86. The van der Waals surface area contributed by atoms with E-state index in [-0.39, 0.29) is 11.4 Å². The molecule has 0 aromatic heterocycles. The molecule has 0 N–H and O–H groups in total. The highest BCUT2D eigenvalue weighted by molar-refractivity contribution is 5.46. The van der Waals surface area contributed by atoms with E-state index in [1.165, 1.54) is 12.1 Å². The largest absolute Gasteiger partial charge is 0.369 e. The molecule has 1 heterocycles. The highest BCUT2D eigenvalue weighted by Gasteiger charge is 2.27. The van der Waals surface area contributed by atoms with Crippen LogP contribution in [0.5, 0.6) is 0 Å². The third kappa shape index (κ3) is 3.37. The van der Waals surface area contributed by atoms with Gasteiger partial charge in [0, 0.05) is 43.5 Å². The van der Waals surface area contributed by atoms with Crippen molar-refractivity contribution in [2.24, 2.45) is 0 Å². The van der Waals surface area contributed by atoms with Gasteiger partial charge in [-0.1, -0.05) is 6.08 Å². The summed E-state index contributed by atoms with van der Waals surface area (Å²) in [6.45, 7) is 7.92. The van der Waals surface area contributed by atoms with Gasteiger partial charge in [0.2, 0.25) is 0 Å². The summed E-state index contributed by atoms with van der Waals surface area (Å²) in [5.74, 6) is -0.199. The van der Waals surface area contributed by atoms with Crippen LogP contribution in [0.3, 0.4) is 0 Å². The Morgan fingerprint density at radius 3 is 2.30 bits per heavy atom. The molecule has 4 heteroatoms. The highest BCUT2D eigenvalue weighted by atomic mass is 19.1. The van der Waals surface area contributed by atoms with Crippen molar-refractivity contribution in [3.63, 3.8) is 0 Å². The zero-order chi connectivity index (χ0) is 14.6. The van der Waals surface area contributed by atoms with Crippen molar-refractivity contribution in [2.45, 2.75) is 19.4 Å². The van der Waals surface area contributed by atoms with Gasteiger partial charge in [-0.25, -0.2) is 4.39 Å². The Kier molecular flexibility index (Phi) is 4.41. The second kappa shape index (κ2) is 6.06. The fourth-order valence-electron chi connectivity index (χ4n) is 2.54. The van der Waals surface area contributed by atoms with Gasteiger partial charge in [0.25, 0.3) is 0 Å². The van der Waals surface area contributed by atoms with Crippen LogP contribution in [-0.2, 0) is 0 Å². The maximum atomic E-state index is 12.9. The normalized spacial score (nSPS) is 17.4. The minimum Gasteiger partial charge on any atom is -0.369 e. The SMILES string of the molecule is CC(C)(C=CC#N)N1CCN(c2ccc(F)cc2)CC1. The second-order valence-corrected chi connectivity index (χ2v) is 5.57. The van der Waals surface area contributed by atoms with Crippen LogP contribution in [0.1, 0.15) is 13.8 Å².